The molecule has 0 fully saturated rings. The molecule has 0 aliphatic heterocycles. The normalized spacial score (nSPS) is 12.4. The molecule has 65 heavy (non-hydrogen) atoms. The van der Waals surface area contributed by atoms with Crippen LogP contribution in [0.5, 0.6) is 0 Å². The minimum Gasteiger partial charge on any atom is -0.310 e. The Bertz CT molecular complexity index is 3110. The fourth-order valence-electron chi connectivity index (χ4n) is 10.3. The zero-order chi connectivity index (χ0) is 43.7. The Morgan fingerprint density at radius 1 is 0.354 bits per heavy atom. The average molecular weight is 833 g/mol. The van der Waals surface area contributed by atoms with Gasteiger partial charge in [0.1, 0.15) is 0 Å². The van der Waals surface area contributed by atoms with Gasteiger partial charge in [-0.05, 0) is 129 Å². The minimum absolute atomic E-state index is 0.388. The van der Waals surface area contributed by atoms with Gasteiger partial charge in [-0.2, -0.15) is 0 Å². The van der Waals surface area contributed by atoms with Crippen LogP contribution in [0.25, 0.3) is 44.8 Å². The second-order valence-corrected chi connectivity index (χ2v) is 17.1. The Morgan fingerprint density at radius 3 is 1.15 bits per heavy atom. The van der Waals surface area contributed by atoms with Crippen molar-refractivity contribution in [2.45, 2.75) is 18.3 Å². The van der Waals surface area contributed by atoms with Gasteiger partial charge in [0, 0.05) is 38.9 Å². The van der Waals surface area contributed by atoms with Crippen LogP contribution in [0.2, 0.25) is 0 Å². The monoisotopic (exact) mass is 832 g/mol. The quantitative estimate of drug-likeness (QED) is 0.121. The summed E-state index contributed by atoms with van der Waals surface area (Å²) in [6.07, 6.45) is 5.49. The van der Waals surface area contributed by atoms with E-state index in [1.807, 2.05) is 12.2 Å². The topological polar surface area (TPSA) is 6.48 Å². The maximum atomic E-state index is 4.06. The lowest BCUT2D eigenvalue weighted by molar-refractivity contribution is 0.520. The molecule has 310 valence electrons. The number of rotatable bonds is 12. The van der Waals surface area contributed by atoms with Crippen molar-refractivity contribution in [2.75, 3.05) is 9.80 Å². The van der Waals surface area contributed by atoms with Gasteiger partial charge in [0.15, 0.2) is 0 Å². The maximum Gasteiger partial charge on any atom is 0.0540 e. The number of fused-ring (bicyclic) bond motifs is 5. The summed E-state index contributed by atoms with van der Waals surface area (Å²) in [4.78, 5) is 4.86. The largest absolute Gasteiger partial charge is 0.310 e. The van der Waals surface area contributed by atoms with Crippen LogP contribution < -0.4 is 9.80 Å². The molecule has 0 spiro atoms. The van der Waals surface area contributed by atoms with E-state index in [4.69, 9.17) is 0 Å². The van der Waals surface area contributed by atoms with Crippen LogP contribution in [-0.4, -0.2) is 0 Å². The third kappa shape index (κ3) is 7.20. The molecule has 0 N–H and O–H groups in total. The molecule has 0 saturated carbocycles. The number of hydrogen-bond donors (Lipinski definition) is 0. The van der Waals surface area contributed by atoms with Crippen molar-refractivity contribution in [3.05, 3.63) is 277 Å². The van der Waals surface area contributed by atoms with Crippen molar-refractivity contribution < 1.29 is 0 Å². The van der Waals surface area contributed by atoms with Gasteiger partial charge in [-0.15, -0.1) is 0 Å². The Labute approximate surface area is 382 Å². The van der Waals surface area contributed by atoms with Crippen molar-refractivity contribution in [1.29, 1.82) is 0 Å². The third-order valence-electron chi connectivity index (χ3n) is 13.3. The molecule has 0 aromatic heterocycles. The van der Waals surface area contributed by atoms with E-state index in [1.54, 1.807) is 0 Å². The highest BCUT2D eigenvalue weighted by atomic mass is 15.1. The van der Waals surface area contributed by atoms with Crippen LogP contribution in [0.4, 0.5) is 34.1 Å². The van der Waals surface area contributed by atoms with E-state index < -0.39 is 0 Å². The van der Waals surface area contributed by atoms with Crippen LogP contribution >= 0.6 is 0 Å². The van der Waals surface area contributed by atoms with Gasteiger partial charge in [-0.1, -0.05) is 195 Å². The Morgan fingerprint density at radius 2 is 0.738 bits per heavy atom. The maximum absolute atomic E-state index is 4.06. The SMILES string of the molecule is C=Cc1ccc(CC2(Cc3ccc(C=C)cc3)c3ccc(N(c4ccccc4)c4cccc5ccccc45)cc3-c3cc(N(c4ccccc4)c4cccc5ccccc45)ccc32)cc1. The third-order valence-corrected chi connectivity index (χ3v) is 13.3. The zero-order valence-electron chi connectivity index (χ0n) is 36.3. The van der Waals surface area contributed by atoms with E-state index >= 15 is 0 Å². The number of para-hydroxylation sites is 2. The standard InChI is InChI=1S/C63H48N2/c1-3-45-29-33-47(34-30-45)43-63(44-48-35-31-46(4-2)32-36-48)59-39-37-53(64(51-21-7-5-8-22-51)61-27-15-19-49-17-11-13-25-55(49)61)41-57(59)58-42-54(38-40-60(58)63)65(52-23-9-6-10-24-52)62-28-16-20-50-18-12-14-26-56(50)62/h3-42H,1-2,43-44H2. The van der Waals surface area contributed by atoms with Gasteiger partial charge in [0.2, 0.25) is 0 Å². The van der Waals surface area contributed by atoms with E-state index in [9.17, 15) is 0 Å². The highest BCUT2D eigenvalue weighted by Gasteiger charge is 2.44. The molecule has 2 nitrogen and oxygen atoms in total. The number of hydrogen-bond acceptors (Lipinski definition) is 2. The molecule has 0 atom stereocenters. The molecular weight excluding hydrogens is 785 g/mol. The van der Waals surface area contributed by atoms with Gasteiger partial charge in [-0.3, -0.25) is 0 Å². The Balaban J connectivity index is 1.18. The summed E-state index contributed by atoms with van der Waals surface area (Å²) < 4.78 is 0. The Kier molecular flexibility index (Phi) is 10.3. The summed E-state index contributed by atoms with van der Waals surface area (Å²) >= 11 is 0. The van der Waals surface area contributed by atoms with E-state index in [2.05, 4.69) is 253 Å². The molecule has 0 bridgehead atoms. The van der Waals surface area contributed by atoms with E-state index in [1.165, 1.54) is 54.9 Å². The molecule has 10 aromatic carbocycles. The fourth-order valence-corrected chi connectivity index (χ4v) is 10.3. The Hall–Kier alpha value is -8.20. The second kappa shape index (κ2) is 16.8. The smallest absolute Gasteiger partial charge is 0.0540 e. The van der Waals surface area contributed by atoms with Crippen molar-refractivity contribution in [2.24, 2.45) is 0 Å². The highest BCUT2D eigenvalue weighted by molar-refractivity contribution is 6.01. The zero-order valence-corrected chi connectivity index (χ0v) is 36.3. The first-order valence-electron chi connectivity index (χ1n) is 22.5. The fraction of sp³-hybridized carbons (Fsp3) is 0.0476. The number of nitrogens with zero attached hydrogens (tertiary/aromatic N) is 2. The molecule has 0 radical (unpaired) electrons. The summed E-state index contributed by atoms with van der Waals surface area (Å²) in [7, 11) is 0. The molecule has 0 heterocycles. The molecular formula is C63H48N2. The van der Waals surface area contributed by atoms with Crippen LogP contribution in [0.3, 0.4) is 0 Å². The van der Waals surface area contributed by atoms with Crippen molar-refractivity contribution in [3.8, 4) is 11.1 Å². The molecule has 0 saturated heterocycles. The molecule has 2 heteroatoms. The van der Waals surface area contributed by atoms with Crippen molar-refractivity contribution >= 4 is 67.8 Å². The van der Waals surface area contributed by atoms with E-state index in [-0.39, 0.29) is 5.41 Å². The lowest BCUT2D eigenvalue weighted by Gasteiger charge is -2.34. The van der Waals surface area contributed by atoms with Gasteiger partial charge < -0.3 is 9.80 Å². The first-order valence-corrected chi connectivity index (χ1v) is 22.5. The number of benzene rings is 10. The lowest BCUT2D eigenvalue weighted by Crippen LogP contribution is -2.31. The van der Waals surface area contributed by atoms with Crippen LogP contribution in [-0.2, 0) is 18.3 Å². The highest BCUT2D eigenvalue weighted by Crippen LogP contribution is 2.56. The van der Waals surface area contributed by atoms with Crippen molar-refractivity contribution in [1.82, 2.24) is 0 Å². The van der Waals surface area contributed by atoms with Crippen LogP contribution in [0.1, 0.15) is 33.4 Å². The average Bonchev–Trinajstić information content (AvgIpc) is 3.62. The molecule has 0 amide bonds. The van der Waals surface area contributed by atoms with Gasteiger partial charge in [0.25, 0.3) is 0 Å². The molecule has 0 unspecified atom stereocenters. The van der Waals surface area contributed by atoms with Gasteiger partial charge in [0.05, 0.1) is 11.4 Å². The van der Waals surface area contributed by atoms with E-state index in [0.717, 1.165) is 58.1 Å². The van der Waals surface area contributed by atoms with Crippen molar-refractivity contribution in [3.63, 3.8) is 0 Å². The predicted octanol–water partition coefficient (Wildman–Crippen LogP) is 17.0. The van der Waals surface area contributed by atoms with E-state index in [0.29, 0.717) is 0 Å². The molecule has 1 aliphatic rings. The summed E-state index contributed by atoms with van der Waals surface area (Å²) in [6.45, 7) is 8.12. The molecule has 11 rings (SSSR count). The summed E-state index contributed by atoms with van der Waals surface area (Å²) in [6, 6.07) is 84.7. The molecule has 1 aliphatic carbocycles. The first-order chi connectivity index (χ1) is 32.1. The predicted molar refractivity (Wildman–Crippen MR) is 278 cm³/mol. The summed E-state index contributed by atoms with van der Waals surface area (Å²) in [5.41, 5.74) is 16.3. The molecule has 10 aromatic rings. The van der Waals surface area contributed by atoms with Crippen LogP contribution in [0.15, 0.2) is 244 Å². The minimum atomic E-state index is -0.388. The second-order valence-electron chi connectivity index (χ2n) is 17.1. The summed E-state index contributed by atoms with van der Waals surface area (Å²) in [5.74, 6) is 0. The lowest BCUT2D eigenvalue weighted by atomic mass is 9.69. The first kappa shape index (κ1) is 39.6. The van der Waals surface area contributed by atoms with Crippen LogP contribution in [0, 0.1) is 0 Å². The number of anilines is 6. The van der Waals surface area contributed by atoms with Gasteiger partial charge in [-0.25, -0.2) is 0 Å². The summed E-state index contributed by atoms with van der Waals surface area (Å²) in [5, 5.41) is 4.83. The van der Waals surface area contributed by atoms with Gasteiger partial charge >= 0.3 is 0 Å².